The molecule has 0 aliphatic carbocycles. The number of aromatic carboxylic acids is 1. The van der Waals surface area contributed by atoms with Crippen LogP contribution in [0.25, 0.3) is 16.6 Å². The zero-order valence-corrected chi connectivity index (χ0v) is 23.4. The molecule has 5 aromatic carbocycles. The Morgan fingerprint density at radius 1 is 0.721 bits per heavy atom. The van der Waals surface area contributed by atoms with Gasteiger partial charge in [0.05, 0.1) is 29.4 Å². The van der Waals surface area contributed by atoms with Crippen LogP contribution in [0.1, 0.15) is 26.3 Å². The number of rotatable bonds is 9. The highest BCUT2D eigenvalue weighted by atomic mass is 16.5. The number of ether oxygens (including phenoxy) is 2. The van der Waals surface area contributed by atoms with Crippen LogP contribution in [0.15, 0.2) is 134 Å². The third kappa shape index (κ3) is 5.44. The molecule has 43 heavy (non-hydrogen) atoms. The van der Waals surface area contributed by atoms with Gasteiger partial charge in [-0.1, -0.05) is 84.9 Å². The third-order valence-corrected chi connectivity index (χ3v) is 7.18. The maximum Gasteiger partial charge on any atom is 0.337 e. The molecule has 1 N–H and O–H groups in total. The van der Waals surface area contributed by atoms with Crippen LogP contribution in [0.3, 0.4) is 0 Å². The van der Waals surface area contributed by atoms with E-state index in [0.29, 0.717) is 45.0 Å². The third-order valence-electron chi connectivity index (χ3n) is 7.18. The zero-order valence-electron chi connectivity index (χ0n) is 23.4. The van der Waals surface area contributed by atoms with Gasteiger partial charge < -0.3 is 19.1 Å². The average Bonchev–Trinajstić information content (AvgIpc) is 3.44. The van der Waals surface area contributed by atoms with Gasteiger partial charge in [-0.2, -0.15) is 0 Å². The van der Waals surface area contributed by atoms with Crippen LogP contribution >= 0.6 is 0 Å². The number of carbonyl (C=O) groups excluding carboxylic acids is 1. The first-order valence-corrected chi connectivity index (χ1v) is 13.7. The molecular formula is C36H28N2O5. The highest BCUT2D eigenvalue weighted by Gasteiger charge is 2.26. The maximum atomic E-state index is 14.4. The van der Waals surface area contributed by atoms with Crippen molar-refractivity contribution in [2.24, 2.45) is 0 Å². The van der Waals surface area contributed by atoms with Crippen molar-refractivity contribution >= 4 is 34.2 Å². The molecule has 6 rings (SSSR count). The molecule has 6 aromatic rings. The molecule has 0 unspecified atom stereocenters. The van der Waals surface area contributed by atoms with E-state index in [1.807, 2.05) is 115 Å². The number of carbonyl (C=O) groups is 2. The highest BCUT2D eigenvalue weighted by Crippen LogP contribution is 2.37. The summed E-state index contributed by atoms with van der Waals surface area (Å²) >= 11 is 0. The molecule has 212 valence electrons. The Hall–Kier alpha value is -5.82. The Balaban J connectivity index is 1.48. The van der Waals surface area contributed by atoms with Crippen molar-refractivity contribution in [2.45, 2.75) is 6.61 Å². The molecule has 7 nitrogen and oxygen atoms in total. The minimum Gasteiger partial charge on any atom is -0.493 e. The van der Waals surface area contributed by atoms with Crippen molar-refractivity contribution in [1.82, 2.24) is 4.57 Å². The van der Waals surface area contributed by atoms with Crippen molar-refractivity contribution in [3.05, 3.63) is 150 Å². The Labute approximate surface area is 248 Å². The number of carboxylic acid groups (broad SMARTS) is 1. The summed E-state index contributed by atoms with van der Waals surface area (Å²) in [5, 5.41) is 11.0. The Morgan fingerprint density at radius 2 is 1.30 bits per heavy atom. The molecule has 7 heteroatoms. The number of amides is 1. The van der Waals surface area contributed by atoms with E-state index in [0.717, 1.165) is 5.56 Å². The van der Waals surface area contributed by atoms with E-state index in [4.69, 9.17) is 9.47 Å². The fourth-order valence-electron chi connectivity index (χ4n) is 5.14. The lowest BCUT2D eigenvalue weighted by atomic mass is 10.1. The number of anilines is 2. The van der Waals surface area contributed by atoms with Gasteiger partial charge in [0, 0.05) is 35.1 Å². The number of para-hydroxylation sites is 3. The van der Waals surface area contributed by atoms with Crippen LogP contribution < -0.4 is 14.4 Å². The molecule has 0 atom stereocenters. The van der Waals surface area contributed by atoms with Gasteiger partial charge in [0.2, 0.25) is 0 Å². The van der Waals surface area contributed by atoms with Crippen molar-refractivity contribution in [3.8, 4) is 17.2 Å². The predicted octanol–water partition coefficient (Wildman–Crippen LogP) is 7.89. The molecule has 0 spiro atoms. The Kier molecular flexibility index (Phi) is 7.61. The number of fused-ring (bicyclic) bond motifs is 1. The lowest BCUT2D eigenvalue weighted by Gasteiger charge is -2.23. The van der Waals surface area contributed by atoms with Crippen molar-refractivity contribution in [2.75, 3.05) is 12.0 Å². The zero-order chi connectivity index (χ0) is 29.8. The van der Waals surface area contributed by atoms with E-state index in [1.54, 1.807) is 21.7 Å². The molecule has 0 radical (unpaired) electrons. The van der Waals surface area contributed by atoms with Gasteiger partial charge in [-0.25, -0.2) is 4.79 Å². The van der Waals surface area contributed by atoms with E-state index in [9.17, 15) is 14.7 Å². The van der Waals surface area contributed by atoms with Crippen LogP contribution in [-0.2, 0) is 6.61 Å². The first kappa shape index (κ1) is 27.4. The lowest BCUT2D eigenvalue weighted by Crippen LogP contribution is -2.25. The summed E-state index contributed by atoms with van der Waals surface area (Å²) < 4.78 is 13.4. The van der Waals surface area contributed by atoms with Crippen LogP contribution in [0.4, 0.5) is 11.4 Å². The van der Waals surface area contributed by atoms with E-state index in [2.05, 4.69) is 0 Å². The summed E-state index contributed by atoms with van der Waals surface area (Å²) in [4.78, 5) is 28.6. The van der Waals surface area contributed by atoms with Gasteiger partial charge in [-0.05, 0) is 35.9 Å². The minimum atomic E-state index is -1.14. The van der Waals surface area contributed by atoms with Crippen LogP contribution in [0.5, 0.6) is 11.5 Å². The number of aromatic nitrogens is 1. The van der Waals surface area contributed by atoms with E-state index in [1.165, 1.54) is 13.2 Å². The number of carboxylic acids is 1. The summed E-state index contributed by atoms with van der Waals surface area (Å²) in [7, 11) is 1.51. The maximum absolute atomic E-state index is 14.4. The van der Waals surface area contributed by atoms with Crippen LogP contribution in [-0.4, -0.2) is 28.7 Å². The number of methoxy groups -OCH3 is 1. The van der Waals surface area contributed by atoms with E-state index >= 15 is 0 Å². The normalized spacial score (nSPS) is 10.8. The van der Waals surface area contributed by atoms with Gasteiger partial charge in [0.15, 0.2) is 11.5 Å². The Bertz CT molecular complexity index is 1860. The first-order chi connectivity index (χ1) is 21.0. The van der Waals surface area contributed by atoms with Crippen molar-refractivity contribution in [1.29, 1.82) is 0 Å². The molecule has 0 aliphatic heterocycles. The summed E-state index contributed by atoms with van der Waals surface area (Å²) in [5.74, 6) is -0.710. The molecule has 1 amide bonds. The van der Waals surface area contributed by atoms with E-state index in [-0.39, 0.29) is 18.1 Å². The highest BCUT2D eigenvalue weighted by molar-refractivity contribution is 6.17. The largest absolute Gasteiger partial charge is 0.493 e. The molecule has 1 heterocycles. The standard InChI is InChI=1S/C36H28N2O5/c1-42-33-22-32(29(36(40)41)21-34(33)43-24-25-13-5-2-6-14-25)37-23-30(28-19-11-12-20-31(28)37)35(39)38(26-15-7-3-8-16-26)27-17-9-4-10-18-27/h2-23H,24H2,1H3,(H,40,41). The molecule has 0 fully saturated rings. The molecule has 0 saturated heterocycles. The minimum absolute atomic E-state index is 0.00610. The van der Waals surface area contributed by atoms with Gasteiger partial charge in [0.25, 0.3) is 5.91 Å². The smallest absolute Gasteiger partial charge is 0.337 e. The molecular weight excluding hydrogens is 540 g/mol. The number of nitrogens with zero attached hydrogens (tertiary/aromatic N) is 2. The number of hydrogen-bond donors (Lipinski definition) is 1. The topological polar surface area (TPSA) is 81.0 Å². The second-order valence-electron chi connectivity index (χ2n) is 9.84. The fourth-order valence-corrected chi connectivity index (χ4v) is 5.14. The Morgan fingerprint density at radius 3 is 1.91 bits per heavy atom. The van der Waals surface area contributed by atoms with Gasteiger partial charge in [-0.15, -0.1) is 0 Å². The molecule has 0 saturated carbocycles. The van der Waals surface area contributed by atoms with Gasteiger partial charge >= 0.3 is 5.97 Å². The summed E-state index contributed by atoms with van der Waals surface area (Å²) in [6, 6.07) is 39.0. The predicted molar refractivity (Wildman–Crippen MR) is 167 cm³/mol. The summed E-state index contributed by atoms with van der Waals surface area (Å²) in [5.41, 5.74) is 3.81. The quantitative estimate of drug-likeness (QED) is 0.192. The van der Waals surface area contributed by atoms with Crippen LogP contribution in [0.2, 0.25) is 0 Å². The molecule has 0 aliphatic rings. The second-order valence-corrected chi connectivity index (χ2v) is 9.84. The summed E-state index contributed by atoms with van der Waals surface area (Å²) in [6.07, 6.45) is 1.69. The van der Waals surface area contributed by atoms with E-state index < -0.39 is 5.97 Å². The summed E-state index contributed by atoms with van der Waals surface area (Å²) in [6.45, 7) is 0.246. The monoisotopic (exact) mass is 568 g/mol. The molecule has 1 aromatic heterocycles. The van der Waals surface area contributed by atoms with Crippen LogP contribution in [0, 0.1) is 0 Å². The van der Waals surface area contributed by atoms with Gasteiger partial charge in [0.1, 0.15) is 6.61 Å². The second kappa shape index (κ2) is 12.0. The van der Waals surface area contributed by atoms with Gasteiger partial charge in [-0.3, -0.25) is 9.69 Å². The van der Waals surface area contributed by atoms with Crippen molar-refractivity contribution < 1.29 is 24.2 Å². The average molecular weight is 569 g/mol. The first-order valence-electron chi connectivity index (χ1n) is 13.7. The number of hydrogen-bond acceptors (Lipinski definition) is 4. The fraction of sp³-hybridized carbons (Fsp3) is 0.0556. The molecule has 0 bridgehead atoms. The van der Waals surface area contributed by atoms with Crippen molar-refractivity contribution in [3.63, 3.8) is 0 Å². The lowest BCUT2D eigenvalue weighted by molar-refractivity contribution is 0.0696. The number of benzene rings is 5. The SMILES string of the molecule is COc1cc(-n2cc(C(=O)N(c3ccccc3)c3ccccc3)c3ccccc32)c(C(=O)O)cc1OCc1ccccc1.